The Bertz CT molecular complexity index is 429. The Labute approximate surface area is 115 Å². The molecule has 0 radical (unpaired) electrons. The SMILES string of the molecule is CCNc1cnccc1C(=O)N(CC)CC1CCC1. The number of amides is 1. The monoisotopic (exact) mass is 261 g/mol. The summed E-state index contributed by atoms with van der Waals surface area (Å²) in [6.07, 6.45) is 7.26. The Kier molecular flexibility index (Phi) is 4.77. The molecule has 0 spiro atoms. The predicted molar refractivity (Wildman–Crippen MR) is 77.3 cm³/mol. The molecule has 0 aliphatic heterocycles. The van der Waals surface area contributed by atoms with Crippen LogP contribution in [0.3, 0.4) is 0 Å². The van der Waals surface area contributed by atoms with Crippen molar-refractivity contribution in [2.45, 2.75) is 33.1 Å². The van der Waals surface area contributed by atoms with E-state index in [9.17, 15) is 4.79 Å². The Hall–Kier alpha value is -1.58. The van der Waals surface area contributed by atoms with Crippen molar-refractivity contribution in [2.24, 2.45) is 5.92 Å². The first-order valence-corrected chi connectivity index (χ1v) is 7.23. The van der Waals surface area contributed by atoms with E-state index in [0.717, 1.165) is 30.9 Å². The fraction of sp³-hybridized carbons (Fsp3) is 0.600. The second kappa shape index (κ2) is 6.55. The van der Waals surface area contributed by atoms with Gasteiger partial charge in [0.15, 0.2) is 0 Å². The van der Waals surface area contributed by atoms with Gasteiger partial charge in [0.2, 0.25) is 0 Å². The van der Waals surface area contributed by atoms with Gasteiger partial charge in [-0.15, -0.1) is 0 Å². The van der Waals surface area contributed by atoms with Gasteiger partial charge in [-0.2, -0.15) is 0 Å². The number of rotatable bonds is 6. The molecule has 1 heterocycles. The first-order valence-electron chi connectivity index (χ1n) is 7.23. The average Bonchev–Trinajstić information content (AvgIpc) is 2.38. The molecule has 0 bridgehead atoms. The van der Waals surface area contributed by atoms with Crippen molar-refractivity contribution in [1.29, 1.82) is 0 Å². The van der Waals surface area contributed by atoms with E-state index in [0.29, 0.717) is 5.92 Å². The molecule has 1 fully saturated rings. The number of carbonyl (C=O) groups is 1. The summed E-state index contributed by atoms with van der Waals surface area (Å²) in [6.45, 7) is 6.52. The molecule has 0 atom stereocenters. The lowest BCUT2D eigenvalue weighted by molar-refractivity contribution is 0.0707. The quantitative estimate of drug-likeness (QED) is 0.856. The van der Waals surface area contributed by atoms with Gasteiger partial charge in [0.1, 0.15) is 0 Å². The van der Waals surface area contributed by atoms with Crippen molar-refractivity contribution < 1.29 is 4.79 Å². The highest BCUT2D eigenvalue weighted by Crippen LogP contribution is 2.28. The molecule has 1 aliphatic carbocycles. The molecular formula is C15H23N3O. The van der Waals surface area contributed by atoms with E-state index >= 15 is 0 Å². The number of aromatic nitrogens is 1. The molecule has 1 saturated carbocycles. The molecule has 0 saturated heterocycles. The van der Waals surface area contributed by atoms with Gasteiger partial charge in [-0.1, -0.05) is 6.42 Å². The molecule has 1 amide bonds. The van der Waals surface area contributed by atoms with Crippen LogP contribution in [0.15, 0.2) is 18.5 Å². The third kappa shape index (κ3) is 3.25. The lowest BCUT2D eigenvalue weighted by atomic mass is 9.85. The van der Waals surface area contributed by atoms with E-state index in [4.69, 9.17) is 0 Å². The van der Waals surface area contributed by atoms with Crippen molar-refractivity contribution >= 4 is 11.6 Å². The number of anilines is 1. The van der Waals surface area contributed by atoms with Gasteiger partial charge in [-0.3, -0.25) is 9.78 Å². The summed E-state index contributed by atoms with van der Waals surface area (Å²) in [6, 6.07) is 1.81. The van der Waals surface area contributed by atoms with Gasteiger partial charge in [-0.05, 0) is 38.7 Å². The molecule has 4 nitrogen and oxygen atoms in total. The lowest BCUT2D eigenvalue weighted by Gasteiger charge is -2.32. The normalized spacial score (nSPS) is 14.8. The predicted octanol–water partition coefficient (Wildman–Crippen LogP) is 2.78. The van der Waals surface area contributed by atoms with Gasteiger partial charge in [0, 0.05) is 25.8 Å². The van der Waals surface area contributed by atoms with Gasteiger partial charge < -0.3 is 10.2 Å². The van der Waals surface area contributed by atoms with E-state index in [1.54, 1.807) is 12.4 Å². The molecule has 1 aromatic heterocycles. The minimum absolute atomic E-state index is 0.118. The zero-order valence-electron chi connectivity index (χ0n) is 11.9. The van der Waals surface area contributed by atoms with Crippen LogP contribution in [-0.4, -0.2) is 35.4 Å². The van der Waals surface area contributed by atoms with E-state index in [1.165, 1.54) is 19.3 Å². The summed E-state index contributed by atoms with van der Waals surface area (Å²) in [5.41, 5.74) is 1.57. The third-order valence-corrected chi connectivity index (χ3v) is 3.79. The zero-order chi connectivity index (χ0) is 13.7. The van der Waals surface area contributed by atoms with Crippen molar-refractivity contribution in [3.8, 4) is 0 Å². The summed E-state index contributed by atoms with van der Waals surface area (Å²) in [4.78, 5) is 18.7. The van der Waals surface area contributed by atoms with Gasteiger partial charge in [0.05, 0.1) is 17.4 Å². The molecule has 0 unspecified atom stereocenters. The van der Waals surface area contributed by atoms with Crippen LogP contribution in [0.5, 0.6) is 0 Å². The highest BCUT2D eigenvalue weighted by molar-refractivity contribution is 5.99. The van der Waals surface area contributed by atoms with E-state index < -0.39 is 0 Å². The number of nitrogens with one attached hydrogen (secondary N) is 1. The molecule has 2 rings (SSSR count). The minimum Gasteiger partial charge on any atom is -0.383 e. The molecule has 4 heteroatoms. The largest absolute Gasteiger partial charge is 0.383 e. The van der Waals surface area contributed by atoms with E-state index in [-0.39, 0.29) is 5.91 Å². The standard InChI is InChI=1S/C15H23N3O/c1-3-17-14-10-16-9-8-13(14)15(19)18(4-2)11-12-6-5-7-12/h8-10,12,17H,3-7,11H2,1-2H3. The van der Waals surface area contributed by atoms with Crippen LogP contribution in [0.4, 0.5) is 5.69 Å². The highest BCUT2D eigenvalue weighted by Gasteiger charge is 2.24. The van der Waals surface area contributed by atoms with Crippen LogP contribution < -0.4 is 5.32 Å². The maximum Gasteiger partial charge on any atom is 0.256 e. The Morgan fingerprint density at radius 1 is 1.47 bits per heavy atom. The fourth-order valence-electron chi connectivity index (χ4n) is 2.43. The van der Waals surface area contributed by atoms with Crippen molar-refractivity contribution in [2.75, 3.05) is 25.0 Å². The summed E-state index contributed by atoms with van der Waals surface area (Å²) < 4.78 is 0. The minimum atomic E-state index is 0.118. The number of hydrogen-bond acceptors (Lipinski definition) is 3. The first-order chi connectivity index (χ1) is 9.26. The zero-order valence-corrected chi connectivity index (χ0v) is 11.9. The molecule has 1 aromatic rings. The van der Waals surface area contributed by atoms with Crippen LogP contribution in [0.25, 0.3) is 0 Å². The smallest absolute Gasteiger partial charge is 0.256 e. The van der Waals surface area contributed by atoms with E-state index in [1.807, 2.05) is 24.8 Å². The molecule has 104 valence electrons. The van der Waals surface area contributed by atoms with Crippen LogP contribution in [0.2, 0.25) is 0 Å². The first kappa shape index (κ1) is 13.8. The van der Waals surface area contributed by atoms with Crippen molar-refractivity contribution in [3.63, 3.8) is 0 Å². The van der Waals surface area contributed by atoms with Crippen LogP contribution in [0.1, 0.15) is 43.5 Å². The second-order valence-corrected chi connectivity index (χ2v) is 5.09. The van der Waals surface area contributed by atoms with Crippen LogP contribution >= 0.6 is 0 Å². The number of pyridine rings is 1. The summed E-state index contributed by atoms with van der Waals surface area (Å²) in [5, 5.41) is 3.21. The Morgan fingerprint density at radius 2 is 2.26 bits per heavy atom. The molecular weight excluding hydrogens is 238 g/mol. The summed E-state index contributed by atoms with van der Waals surface area (Å²) in [5.74, 6) is 0.820. The topological polar surface area (TPSA) is 45.2 Å². The maximum atomic E-state index is 12.6. The molecule has 19 heavy (non-hydrogen) atoms. The molecule has 1 N–H and O–H groups in total. The van der Waals surface area contributed by atoms with Crippen LogP contribution in [-0.2, 0) is 0 Å². The molecule has 0 aromatic carbocycles. The summed E-state index contributed by atoms with van der Waals surface area (Å²) >= 11 is 0. The molecule has 1 aliphatic rings. The number of hydrogen-bond donors (Lipinski definition) is 1. The number of nitrogens with zero attached hydrogens (tertiary/aromatic N) is 2. The number of carbonyl (C=O) groups excluding carboxylic acids is 1. The fourth-order valence-corrected chi connectivity index (χ4v) is 2.43. The average molecular weight is 261 g/mol. The maximum absolute atomic E-state index is 12.6. The van der Waals surface area contributed by atoms with Crippen molar-refractivity contribution in [1.82, 2.24) is 9.88 Å². The Morgan fingerprint density at radius 3 is 2.84 bits per heavy atom. The van der Waals surface area contributed by atoms with Gasteiger partial charge >= 0.3 is 0 Å². The summed E-state index contributed by atoms with van der Waals surface area (Å²) in [7, 11) is 0. The van der Waals surface area contributed by atoms with Crippen LogP contribution in [0, 0.1) is 5.92 Å². The lowest BCUT2D eigenvalue weighted by Crippen LogP contribution is -2.37. The third-order valence-electron chi connectivity index (χ3n) is 3.79. The second-order valence-electron chi connectivity index (χ2n) is 5.09. The van der Waals surface area contributed by atoms with E-state index in [2.05, 4.69) is 10.3 Å². The van der Waals surface area contributed by atoms with Gasteiger partial charge in [0.25, 0.3) is 5.91 Å². The van der Waals surface area contributed by atoms with Gasteiger partial charge in [-0.25, -0.2) is 0 Å². The van der Waals surface area contributed by atoms with Crippen molar-refractivity contribution in [3.05, 3.63) is 24.0 Å². The Balaban J connectivity index is 2.11. The highest BCUT2D eigenvalue weighted by atomic mass is 16.2.